The number of hydrogen-bond acceptors (Lipinski definition) is 0. The van der Waals surface area contributed by atoms with Gasteiger partial charge in [-0.15, -0.1) is 0 Å². The molecule has 1 saturated heterocycles. The molecule has 1 heterocycles. The molecule has 0 saturated carbocycles. The van der Waals surface area contributed by atoms with E-state index in [1.54, 1.807) is 0 Å². The van der Waals surface area contributed by atoms with Gasteiger partial charge in [0.1, 0.15) is 0 Å². The van der Waals surface area contributed by atoms with Crippen molar-refractivity contribution >= 4 is 22.9 Å². The zero-order valence-corrected chi connectivity index (χ0v) is 10.9. The van der Waals surface area contributed by atoms with Gasteiger partial charge in [0.05, 0.1) is 0 Å². The zero-order valence-electron chi connectivity index (χ0n) is 8.71. The summed E-state index contributed by atoms with van der Waals surface area (Å²) in [6, 6.07) is 0. The van der Waals surface area contributed by atoms with Gasteiger partial charge in [0.25, 0.3) is 0 Å². The molecule has 12 heavy (non-hydrogen) atoms. The van der Waals surface area contributed by atoms with Crippen molar-refractivity contribution in [2.24, 2.45) is 0 Å². The molecule has 1 fully saturated rings. The Bertz CT molecular complexity index is 208. The molecule has 0 aromatic carbocycles. The summed E-state index contributed by atoms with van der Waals surface area (Å²) in [4.78, 5) is 0. The van der Waals surface area contributed by atoms with Crippen LogP contribution < -0.4 is 0 Å². The summed E-state index contributed by atoms with van der Waals surface area (Å²) in [6.45, 7) is 9.02. The topological polar surface area (TPSA) is 22.9 Å². The van der Waals surface area contributed by atoms with Gasteiger partial charge in [0.15, 0.2) is 0 Å². The van der Waals surface area contributed by atoms with Crippen LogP contribution in [0.1, 0.15) is 47.0 Å². The van der Waals surface area contributed by atoms with Gasteiger partial charge in [-0.05, 0) is 0 Å². The molecule has 0 spiro atoms. The molecular formula is C10H22IO+. The fourth-order valence-electron chi connectivity index (χ4n) is 1.94. The summed E-state index contributed by atoms with van der Waals surface area (Å²) in [7, 11) is 0. The summed E-state index contributed by atoms with van der Waals surface area (Å²) in [6.07, 6.45) is 3.74. The SMILES string of the molecule is C=I1([OH2+])C(C)(C)CCCC1(C)C. The Labute approximate surface area is 80.1 Å². The van der Waals surface area contributed by atoms with Gasteiger partial charge in [-0.25, -0.2) is 0 Å². The second-order valence-corrected chi connectivity index (χ2v) is 14.7. The quantitative estimate of drug-likeness (QED) is 0.371. The van der Waals surface area contributed by atoms with Crippen LogP contribution in [0.2, 0.25) is 0 Å². The molecule has 0 aromatic rings. The summed E-state index contributed by atoms with van der Waals surface area (Å²) < 4.78 is 13.3. The molecule has 0 radical (unpaired) electrons. The number of hydrogen-bond donors (Lipinski definition) is 0. The van der Waals surface area contributed by atoms with Gasteiger partial charge in [-0.1, -0.05) is 0 Å². The summed E-state index contributed by atoms with van der Waals surface area (Å²) in [5, 5.41) is 0. The van der Waals surface area contributed by atoms with Crippen molar-refractivity contribution in [1.82, 2.24) is 0 Å². The van der Waals surface area contributed by atoms with Gasteiger partial charge in [-0.3, -0.25) is 0 Å². The number of alkyl halides is 2. The van der Waals surface area contributed by atoms with Crippen molar-refractivity contribution in [3.05, 3.63) is 0 Å². The first-order chi connectivity index (χ1) is 5.21. The Morgan fingerprint density at radius 3 is 1.67 bits per heavy atom. The molecule has 0 amide bonds. The molecule has 1 nitrogen and oxygen atoms in total. The molecule has 0 aliphatic carbocycles. The van der Waals surface area contributed by atoms with Crippen LogP contribution in [0.15, 0.2) is 0 Å². The van der Waals surface area contributed by atoms with Crippen molar-refractivity contribution in [3.63, 3.8) is 0 Å². The van der Waals surface area contributed by atoms with Crippen LogP contribution >= 0.6 is 18.4 Å². The van der Waals surface area contributed by atoms with E-state index in [-0.39, 0.29) is 6.84 Å². The van der Waals surface area contributed by atoms with E-state index in [2.05, 4.69) is 32.2 Å². The first-order valence-corrected chi connectivity index (χ1v) is 9.30. The van der Waals surface area contributed by atoms with E-state index in [1.165, 1.54) is 19.3 Å². The van der Waals surface area contributed by atoms with Crippen molar-refractivity contribution in [1.29, 1.82) is 0 Å². The van der Waals surface area contributed by atoms with E-state index in [9.17, 15) is 0 Å². The Morgan fingerprint density at radius 2 is 1.42 bits per heavy atom. The fraction of sp³-hybridized carbons (Fsp3) is 0.900. The van der Waals surface area contributed by atoms with Crippen LogP contribution in [0, 0.1) is 0 Å². The third-order valence-electron chi connectivity index (χ3n) is 3.29. The third-order valence-corrected chi connectivity index (χ3v) is 14.3. The van der Waals surface area contributed by atoms with Crippen molar-refractivity contribution in [2.75, 3.05) is 0 Å². The van der Waals surface area contributed by atoms with E-state index in [0.29, 0.717) is 0 Å². The van der Waals surface area contributed by atoms with E-state index in [0.717, 1.165) is 0 Å². The Kier molecular flexibility index (Phi) is 2.46. The van der Waals surface area contributed by atoms with Gasteiger partial charge in [-0.2, -0.15) is 0 Å². The van der Waals surface area contributed by atoms with Gasteiger partial charge >= 0.3 is 80.1 Å². The van der Waals surface area contributed by atoms with E-state index < -0.39 is 18.4 Å². The molecule has 1 rings (SSSR count). The van der Waals surface area contributed by atoms with Crippen LogP contribution in [-0.4, -0.2) is 14.8 Å². The average Bonchev–Trinajstić information content (AvgIpc) is 1.83. The summed E-state index contributed by atoms with van der Waals surface area (Å²) >= 11 is -2.49. The van der Waals surface area contributed by atoms with Gasteiger partial charge in [0, 0.05) is 0 Å². The van der Waals surface area contributed by atoms with E-state index in [1.807, 2.05) is 0 Å². The van der Waals surface area contributed by atoms with Gasteiger partial charge in [0.2, 0.25) is 0 Å². The molecule has 0 aromatic heterocycles. The second kappa shape index (κ2) is 2.77. The number of rotatable bonds is 0. The first-order valence-electron chi connectivity index (χ1n) is 4.54. The average molecular weight is 285 g/mol. The molecule has 2 heteroatoms. The minimum atomic E-state index is -2.49. The van der Waals surface area contributed by atoms with Crippen LogP contribution in [0.3, 0.4) is 0 Å². The molecule has 2 N–H and O–H groups in total. The molecule has 1 aliphatic heterocycles. The standard InChI is InChI=1S/C10H21IO/c1-9(2)7-6-8-10(3,4)11(9,5)12/h12H,5-8H2,1-4H3/p+1. The van der Waals surface area contributed by atoms with Crippen LogP contribution in [0.5, 0.6) is 0 Å². The normalized spacial score (nSPS) is 34.1. The Hall–Kier alpha value is 0.560. The summed E-state index contributed by atoms with van der Waals surface area (Å²) in [5.41, 5.74) is 0. The second-order valence-electron chi connectivity index (χ2n) is 4.98. The molecule has 74 valence electrons. The predicted octanol–water partition coefficient (Wildman–Crippen LogP) is 2.84. The van der Waals surface area contributed by atoms with Crippen molar-refractivity contribution in [2.45, 2.75) is 53.8 Å². The Balaban J connectivity index is 3.08. The molecule has 0 unspecified atom stereocenters. The monoisotopic (exact) mass is 285 g/mol. The predicted molar refractivity (Wildman–Crippen MR) is 66.8 cm³/mol. The number of halogens is 1. The molecule has 1 aliphatic rings. The van der Waals surface area contributed by atoms with Crippen molar-refractivity contribution in [3.8, 4) is 0 Å². The maximum absolute atomic E-state index is 8.50. The summed E-state index contributed by atoms with van der Waals surface area (Å²) in [5.74, 6) is 0. The molecule has 0 atom stereocenters. The van der Waals surface area contributed by atoms with Crippen LogP contribution in [0.25, 0.3) is 0 Å². The van der Waals surface area contributed by atoms with Crippen LogP contribution in [0.4, 0.5) is 0 Å². The van der Waals surface area contributed by atoms with E-state index >= 15 is 0 Å². The van der Waals surface area contributed by atoms with Crippen LogP contribution in [-0.2, 0) is 0 Å². The van der Waals surface area contributed by atoms with E-state index in [4.69, 9.17) is 3.44 Å². The third kappa shape index (κ3) is 1.37. The van der Waals surface area contributed by atoms with Gasteiger partial charge < -0.3 is 0 Å². The zero-order chi connectivity index (χ0) is 9.62. The Morgan fingerprint density at radius 1 is 1.08 bits per heavy atom. The molecule has 0 bridgehead atoms. The minimum absolute atomic E-state index is 0.244. The van der Waals surface area contributed by atoms with Crippen molar-refractivity contribution < 1.29 is 3.44 Å². The fourth-order valence-corrected chi connectivity index (χ4v) is 8.50. The first kappa shape index (κ1) is 10.6. The maximum atomic E-state index is 8.50. The molecular weight excluding hydrogens is 263 g/mol.